The van der Waals surface area contributed by atoms with Crippen LogP contribution in [0.4, 0.5) is 5.69 Å². The SMILES string of the molecule is CCN(CC)Cc1cccc(NC(=O)C2CC(O)CN2)c1. The number of hydrogen-bond acceptors (Lipinski definition) is 4. The van der Waals surface area contributed by atoms with Gasteiger partial charge in [-0.3, -0.25) is 9.69 Å². The van der Waals surface area contributed by atoms with E-state index >= 15 is 0 Å². The summed E-state index contributed by atoms with van der Waals surface area (Å²) < 4.78 is 0. The van der Waals surface area contributed by atoms with E-state index in [0.717, 1.165) is 25.3 Å². The van der Waals surface area contributed by atoms with Crippen molar-refractivity contribution in [2.75, 3.05) is 25.0 Å². The number of nitrogens with one attached hydrogen (secondary N) is 2. The quantitative estimate of drug-likeness (QED) is 0.737. The van der Waals surface area contributed by atoms with Gasteiger partial charge < -0.3 is 15.7 Å². The smallest absolute Gasteiger partial charge is 0.241 e. The predicted molar refractivity (Wildman–Crippen MR) is 84.1 cm³/mol. The summed E-state index contributed by atoms with van der Waals surface area (Å²) in [6.07, 6.45) is 0.0556. The first-order valence-electron chi connectivity index (χ1n) is 7.66. The minimum absolute atomic E-state index is 0.0773. The number of amides is 1. The van der Waals surface area contributed by atoms with Gasteiger partial charge in [0.2, 0.25) is 5.91 Å². The average Bonchev–Trinajstić information content (AvgIpc) is 2.92. The molecule has 1 saturated heterocycles. The largest absolute Gasteiger partial charge is 0.392 e. The number of anilines is 1. The lowest BCUT2D eigenvalue weighted by molar-refractivity contribution is -0.117. The Bertz CT molecular complexity index is 474. The summed E-state index contributed by atoms with van der Waals surface area (Å²) in [5.41, 5.74) is 2.00. The van der Waals surface area contributed by atoms with Gasteiger partial charge in [-0.1, -0.05) is 26.0 Å². The Hall–Kier alpha value is -1.43. The van der Waals surface area contributed by atoms with Gasteiger partial charge in [0.25, 0.3) is 0 Å². The highest BCUT2D eigenvalue weighted by Crippen LogP contribution is 2.15. The fourth-order valence-electron chi connectivity index (χ4n) is 2.60. The zero-order valence-corrected chi connectivity index (χ0v) is 12.8. The van der Waals surface area contributed by atoms with Crippen molar-refractivity contribution >= 4 is 11.6 Å². The van der Waals surface area contributed by atoms with E-state index < -0.39 is 6.10 Å². The molecule has 2 atom stereocenters. The highest BCUT2D eigenvalue weighted by molar-refractivity contribution is 5.95. The molecule has 1 fully saturated rings. The molecule has 1 aliphatic rings. The van der Waals surface area contributed by atoms with Crippen LogP contribution in [0.3, 0.4) is 0 Å². The van der Waals surface area contributed by atoms with E-state index in [1.807, 2.05) is 18.2 Å². The molecule has 116 valence electrons. The van der Waals surface area contributed by atoms with Crippen molar-refractivity contribution in [1.29, 1.82) is 0 Å². The van der Waals surface area contributed by atoms with Crippen LogP contribution in [0.25, 0.3) is 0 Å². The molecule has 1 aromatic rings. The van der Waals surface area contributed by atoms with E-state index in [1.54, 1.807) is 0 Å². The van der Waals surface area contributed by atoms with Crippen LogP contribution in [-0.2, 0) is 11.3 Å². The number of aliphatic hydroxyl groups is 1. The summed E-state index contributed by atoms with van der Waals surface area (Å²) in [7, 11) is 0. The number of carbonyl (C=O) groups excluding carboxylic acids is 1. The molecule has 3 N–H and O–H groups in total. The molecule has 0 bridgehead atoms. The van der Waals surface area contributed by atoms with Gasteiger partial charge in [0.05, 0.1) is 12.1 Å². The third kappa shape index (κ3) is 4.52. The zero-order chi connectivity index (χ0) is 15.2. The molecule has 2 unspecified atom stereocenters. The number of benzene rings is 1. The minimum atomic E-state index is -0.422. The van der Waals surface area contributed by atoms with Crippen molar-refractivity contribution in [3.63, 3.8) is 0 Å². The van der Waals surface area contributed by atoms with Gasteiger partial charge in [0, 0.05) is 18.8 Å². The molecule has 1 aromatic carbocycles. The van der Waals surface area contributed by atoms with E-state index in [9.17, 15) is 9.90 Å². The molecule has 1 aliphatic heterocycles. The lowest BCUT2D eigenvalue weighted by atomic mass is 10.1. The van der Waals surface area contributed by atoms with Crippen molar-refractivity contribution in [3.05, 3.63) is 29.8 Å². The second-order valence-electron chi connectivity index (χ2n) is 5.50. The van der Waals surface area contributed by atoms with Gasteiger partial charge in [-0.05, 0) is 37.2 Å². The van der Waals surface area contributed by atoms with Crippen LogP contribution < -0.4 is 10.6 Å². The topological polar surface area (TPSA) is 64.6 Å². The Balaban J connectivity index is 1.95. The first-order chi connectivity index (χ1) is 10.1. The van der Waals surface area contributed by atoms with Crippen molar-refractivity contribution in [2.24, 2.45) is 0 Å². The van der Waals surface area contributed by atoms with Gasteiger partial charge in [0.1, 0.15) is 0 Å². The molecular weight excluding hydrogens is 266 g/mol. The highest BCUT2D eigenvalue weighted by atomic mass is 16.3. The van der Waals surface area contributed by atoms with E-state index in [4.69, 9.17) is 0 Å². The van der Waals surface area contributed by atoms with Crippen molar-refractivity contribution in [3.8, 4) is 0 Å². The van der Waals surface area contributed by atoms with E-state index in [2.05, 4.69) is 35.4 Å². The number of hydrogen-bond donors (Lipinski definition) is 3. The van der Waals surface area contributed by atoms with Crippen LogP contribution in [0.1, 0.15) is 25.8 Å². The fourth-order valence-corrected chi connectivity index (χ4v) is 2.60. The molecular formula is C16H25N3O2. The summed E-state index contributed by atoms with van der Waals surface area (Å²) in [5.74, 6) is -0.0773. The van der Waals surface area contributed by atoms with E-state index in [1.165, 1.54) is 5.56 Å². The Morgan fingerprint density at radius 2 is 2.19 bits per heavy atom. The Morgan fingerprint density at radius 1 is 1.43 bits per heavy atom. The molecule has 1 amide bonds. The second kappa shape index (κ2) is 7.54. The lowest BCUT2D eigenvalue weighted by Gasteiger charge is -2.18. The maximum atomic E-state index is 12.1. The van der Waals surface area contributed by atoms with Crippen molar-refractivity contribution in [1.82, 2.24) is 10.2 Å². The van der Waals surface area contributed by atoms with Crippen molar-refractivity contribution in [2.45, 2.75) is 39.0 Å². The van der Waals surface area contributed by atoms with Crippen LogP contribution >= 0.6 is 0 Å². The summed E-state index contributed by atoms with van der Waals surface area (Å²) in [5, 5.41) is 15.4. The van der Waals surface area contributed by atoms with Gasteiger partial charge in [-0.15, -0.1) is 0 Å². The third-order valence-corrected chi connectivity index (χ3v) is 3.92. The van der Waals surface area contributed by atoms with Gasteiger partial charge in [0.15, 0.2) is 0 Å². The molecule has 0 spiro atoms. The molecule has 0 aliphatic carbocycles. The first kappa shape index (κ1) is 15.9. The molecule has 0 aromatic heterocycles. The molecule has 21 heavy (non-hydrogen) atoms. The number of β-amino-alcohol motifs (C(OH)–C–C–N with tert-alkyl or cyclic N) is 1. The van der Waals surface area contributed by atoms with Crippen molar-refractivity contribution < 1.29 is 9.90 Å². The summed E-state index contributed by atoms with van der Waals surface area (Å²) in [6.45, 7) is 7.68. The lowest BCUT2D eigenvalue weighted by Crippen LogP contribution is -2.35. The van der Waals surface area contributed by atoms with E-state index in [0.29, 0.717) is 13.0 Å². The fraction of sp³-hybridized carbons (Fsp3) is 0.562. The van der Waals surface area contributed by atoms with Crippen LogP contribution in [-0.4, -0.2) is 47.7 Å². The van der Waals surface area contributed by atoms with Crippen LogP contribution in [0, 0.1) is 0 Å². The monoisotopic (exact) mass is 291 g/mol. The van der Waals surface area contributed by atoms with Gasteiger partial charge in [-0.25, -0.2) is 0 Å². The molecule has 5 heteroatoms. The standard InChI is InChI=1S/C16H25N3O2/c1-3-19(4-2)11-12-6-5-7-13(8-12)18-16(21)15-9-14(20)10-17-15/h5-8,14-15,17,20H,3-4,9-11H2,1-2H3,(H,18,21). The molecule has 2 rings (SSSR count). The van der Waals surface area contributed by atoms with E-state index in [-0.39, 0.29) is 11.9 Å². The van der Waals surface area contributed by atoms with Crippen LogP contribution in [0.5, 0.6) is 0 Å². The second-order valence-corrected chi connectivity index (χ2v) is 5.50. The highest BCUT2D eigenvalue weighted by Gasteiger charge is 2.27. The summed E-state index contributed by atoms with van der Waals surface area (Å²) >= 11 is 0. The molecule has 1 heterocycles. The number of rotatable bonds is 6. The van der Waals surface area contributed by atoms with Crippen LogP contribution in [0.2, 0.25) is 0 Å². The Kier molecular flexibility index (Phi) is 5.73. The number of nitrogens with zero attached hydrogens (tertiary/aromatic N) is 1. The Morgan fingerprint density at radius 3 is 2.81 bits per heavy atom. The van der Waals surface area contributed by atoms with Crippen LogP contribution in [0.15, 0.2) is 24.3 Å². The minimum Gasteiger partial charge on any atom is -0.392 e. The summed E-state index contributed by atoms with van der Waals surface area (Å²) in [4.78, 5) is 14.4. The average molecular weight is 291 g/mol. The number of aliphatic hydroxyl groups excluding tert-OH is 1. The zero-order valence-electron chi connectivity index (χ0n) is 12.8. The van der Waals surface area contributed by atoms with Gasteiger partial charge >= 0.3 is 0 Å². The maximum Gasteiger partial charge on any atom is 0.241 e. The molecule has 0 saturated carbocycles. The maximum absolute atomic E-state index is 12.1. The Labute approximate surface area is 126 Å². The molecule has 0 radical (unpaired) electrons. The third-order valence-electron chi connectivity index (χ3n) is 3.92. The normalized spacial score (nSPS) is 21.7. The first-order valence-corrected chi connectivity index (χ1v) is 7.66. The predicted octanol–water partition coefficient (Wildman–Crippen LogP) is 1.19. The molecule has 5 nitrogen and oxygen atoms in total. The number of carbonyl (C=O) groups is 1. The summed E-state index contributed by atoms with van der Waals surface area (Å²) in [6, 6.07) is 7.65. The van der Waals surface area contributed by atoms with Gasteiger partial charge in [-0.2, -0.15) is 0 Å².